The van der Waals surface area contributed by atoms with Gasteiger partial charge in [0, 0.05) is 26.7 Å². The minimum Gasteiger partial charge on any atom is -0.480 e. The normalized spacial score (nSPS) is 16.3. The number of amides is 3. The molecule has 0 aromatic rings. The fourth-order valence-electron chi connectivity index (χ4n) is 2.75. The van der Waals surface area contributed by atoms with E-state index < -0.39 is 5.97 Å². The van der Waals surface area contributed by atoms with Crippen molar-refractivity contribution in [3.8, 4) is 0 Å². The molecule has 2 N–H and O–H groups in total. The van der Waals surface area contributed by atoms with Crippen LogP contribution in [0.1, 0.15) is 32.6 Å². The molecule has 0 saturated heterocycles. The van der Waals surface area contributed by atoms with E-state index in [9.17, 15) is 14.4 Å². The Morgan fingerprint density at radius 2 is 1.86 bits per heavy atom. The van der Waals surface area contributed by atoms with Crippen molar-refractivity contribution in [2.75, 3.05) is 27.2 Å². The average Bonchev–Trinajstić information content (AvgIpc) is 2.96. The van der Waals surface area contributed by atoms with Crippen LogP contribution in [0.4, 0.5) is 4.79 Å². The van der Waals surface area contributed by atoms with Gasteiger partial charge in [-0.25, -0.2) is 4.79 Å². The first-order valence-electron chi connectivity index (χ1n) is 7.32. The smallest absolute Gasteiger partial charge is 0.323 e. The second kappa shape index (κ2) is 7.85. The summed E-state index contributed by atoms with van der Waals surface area (Å²) in [4.78, 5) is 37.8. The first kappa shape index (κ1) is 17.3. The van der Waals surface area contributed by atoms with Crippen LogP contribution in [0.2, 0.25) is 0 Å². The molecule has 0 spiro atoms. The Hall–Kier alpha value is -1.79. The van der Waals surface area contributed by atoms with Crippen molar-refractivity contribution in [2.24, 2.45) is 5.92 Å². The lowest BCUT2D eigenvalue weighted by Gasteiger charge is -2.32. The number of hydrogen-bond acceptors (Lipinski definition) is 3. The Bertz CT molecular complexity index is 394. The Kier molecular flexibility index (Phi) is 6.45. The number of carboxylic acids is 1. The average molecular weight is 299 g/mol. The second-order valence-corrected chi connectivity index (χ2v) is 5.64. The molecular weight excluding hydrogens is 274 g/mol. The quantitative estimate of drug-likeness (QED) is 0.757. The fraction of sp³-hybridized carbons (Fsp3) is 0.786. The largest absolute Gasteiger partial charge is 0.480 e. The molecule has 0 aromatic carbocycles. The first-order chi connectivity index (χ1) is 9.86. The maximum atomic E-state index is 12.5. The Balaban J connectivity index is 2.69. The number of urea groups is 1. The third-order valence-corrected chi connectivity index (χ3v) is 3.89. The summed E-state index contributed by atoms with van der Waals surface area (Å²) in [5.74, 6) is -1.48. The van der Waals surface area contributed by atoms with Crippen LogP contribution in [0.3, 0.4) is 0 Å². The molecule has 0 bridgehead atoms. The lowest BCUT2D eigenvalue weighted by molar-refractivity contribution is -0.138. The van der Waals surface area contributed by atoms with E-state index in [0.29, 0.717) is 0 Å². The maximum absolute atomic E-state index is 12.5. The molecule has 120 valence electrons. The Morgan fingerprint density at radius 3 is 2.33 bits per heavy atom. The summed E-state index contributed by atoms with van der Waals surface area (Å²) < 4.78 is 0. The van der Waals surface area contributed by atoms with Crippen LogP contribution in [0, 0.1) is 5.92 Å². The minimum atomic E-state index is -1.01. The van der Waals surface area contributed by atoms with Crippen molar-refractivity contribution < 1.29 is 19.5 Å². The molecular formula is C14H25N3O4. The number of nitrogens with zero attached hydrogens (tertiary/aromatic N) is 2. The summed E-state index contributed by atoms with van der Waals surface area (Å²) in [7, 11) is 3.15. The molecule has 0 heterocycles. The zero-order valence-corrected chi connectivity index (χ0v) is 13.0. The summed E-state index contributed by atoms with van der Waals surface area (Å²) in [5.41, 5.74) is 0. The van der Waals surface area contributed by atoms with E-state index >= 15 is 0 Å². The molecule has 1 unspecified atom stereocenters. The number of rotatable bonds is 6. The SMILES string of the molecule is CNC(=O)C(C)CN(C)C(=O)N(CC(=O)O)C1CCCC1. The molecule has 1 aliphatic rings. The van der Waals surface area contributed by atoms with Crippen LogP contribution in [-0.4, -0.2) is 66.0 Å². The van der Waals surface area contributed by atoms with Gasteiger partial charge in [0.05, 0.1) is 5.92 Å². The van der Waals surface area contributed by atoms with Crippen LogP contribution < -0.4 is 5.32 Å². The zero-order valence-electron chi connectivity index (χ0n) is 13.0. The van der Waals surface area contributed by atoms with E-state index in [1.807, 2.05) is 0 Å². The predicted molar refractivity (Wildman–Crippen MR) is 77.9 cm³/mol. The van der Waals surface area contributed by atoms with Crippen LogP contribution in [0.5, 0.6) is 0 Å². The molecule has 7 nitrogen and oxygen atoms in total. The van der Waals surface area contributed by atoms with Crippen molar-refractivity contribution in [1.29, 1.82) is 0 Å². The van der Waals surface area contributed by atoms with Gasteiger partial charge in [-0.3, -0.25) is 9.59 Å². The molecule has 1 aliphatic carbocycles. The van der Waals surface area contributed by atoms with E-state index in [1.54, 1.807) is 21.0 Å². The number of hydrogen-bond donors (Lipinski definition) is 2. The maximum Gasteiger partial charge on any atom is 0.323 e. The van der Waals surface area contributed by atoms with Gasteiger partial charge in [0.25, 0.3) is 0 Å². The lowest BCUT2D eigenvalue weighted by atomic mass is 10.1. The number of carbonyl (C=O) groups excluding carboxylic acids is 2. The molecule has 1 saturated carbocycles. The molecule has 1 atom stereocenters. The predicted octanol–water partition coefficient (Wildman–Crippen LogP) is 0.750. The molecule has 0 aromatic heterocycles. The molecule has 1 fully saturated rings. The van der Waals surface area contributed by atoms with Gasteiger partial charge in [0.15, 0.2) is 0 Å². The van der Waals surface area contributed by atoms with E-state index in [1.165, 1.54) is 9.80 Å². The van der Waals surface area contributed by atoms with Gasteiger partial charge in [-0.15, -0.1) is 0 Å². The van der Waals surface area contributed by atoms with Gasteiger partial charge >= 0.3 is 12.0 Å². The minimum absolute atomic E-state index is 0.00800. The summed E-state index contributed by atoms with van der Waals surface area (Å²) in [6, 6.07) is -0.327. The third-order valence-electron chi connectivity index (χ3n) is 3.89. The topological polar surface area (TPSA) is 90.0 Å². The van der Waals surface area contributed by atoms with Crippen molar-refractivity contribution >= 4 is 17.9 Å². The van der Waals surface area contributed by atoms with Gasteiger partial charge in [0.2, 0.25) is 5.91 Å². The van der Waals surface area contributed by atoms with Gasteiger partial charge < -0.3 is 20.2 Å². The van der Waals surface area contributed by atoms with Crippen LogP contribution >= 0.6 is 0 Å². The Labute approximate surface area is 125 Å². The van der Waals surface area contributed by atoms with Gasteiger partial charge in [-0.1, -0.05) is 19.8 Å². The lowest BCUT2D eigenvalue weighted by Crippen LogP contribution is -2.50. The fourth-order valence-corrected chi connectivity index (χ4v) is 2.75. The van der Waals surface area contributed by atoms with Crippen LogP contribution in [0.25, 0.3) is 0 Å². The summed E-state index contributed by atoms with van der Waals surface area (Å²) >= 11 is 0. The van der Waals surface area contributed by atoms with E-state index in [4.69, 9.17) is 5.11 Å². The van der Waals surface area contributed by atoms with Crippen molar-refractivity contribution in [3.63, 3.8) is 0 Å². The molecule has 1 rings (SSSR count). The van der Waals surface area contributed by atoms with E-state index in [2.05, 4.69) is 5.32 Å². The highest BCUT2D eigenvalue weighted by Gasteiger charge is 2.31. The summed E-state index contributed by atoms with van der Waals surface area (Å²) in [6.07, 6.45) is 3.73. The van der Waals surface area contributed by atoms with Gasteiger partial charge in [-0.2, -0.15) is 0 Å². The standard InChI is InChI=1S/C14H25N3O4/c1-10(13(20)15-2)8-16(3)14(21)17(9-12(18)19)11-6-4-5-7-11/h10-11H,4-9H2,1-3H3,(H,15,20)(H,18,19). The molecule has 7 heteroatoms. The third kappa shape index (κ3) is 4.91. The van der Waals surface area contributed by atoms with Crippen molar-refractivity contribution in [2.45, 2.75) is 38.6 Å². The van der Waals surface area contributed by atoms with Gasteiger partial charge in [0.1, 0.15) is 6.54 Å². The van der Waals surface area contributed by atoms with E-state index in [0.717, 1.165) is 25.7 Å². The van der Waals surface area contributed by atoms with Gasteiger partial charge in [-0.05, 0) is 12.8 Å². The molecule has 21 heavy (non-hydrogen) atoms. The molecule has 0 radical (unpaired) electrons. The zero-order chi connectivity index (χ0) is 16.0. The molecule has 0 aliphatic heterocycles. The summed E-state index contributed by atoms with van der Waals surface area (Å²) in [6.45, 7) is 1.71. The summed E-state index contributed by atoms with van der Waals surface area (Å²) in [5, 5.41) is 11.5. The first-order valence-corrected chi connectivity index (χ1v) is 7.32. The Morgan fingerprint density at radius 1 is 1.29 bits per heavy atom. The van der Waals surface area contributed by atoms with Crippen LogP contribution in [-0.2, 0) is 9.59 Å². The highest BCUT2D eigenvalue weighted by molar-refractivity contribution is 5.82. The number of carboxylic acid groups (broad SMARTS) is 1. The monoisotopic (exact) mass is 299 g/mol. The number of carbonyl (C=O) groups is 3. The number of nitrogens with one attached hydrogen (secondary N) is 1. The number of aliphatic carboxylic acids is 1. The second-order valence-electron chi connectivity index (χ2n) is 5.64. The van der Waals surface area contributed by atoms with Crippen molar-refractivity contribution in [3.05, 3.63) is 0 Å². The van der Waals surface area contributed by atoms with Crippen molar-refractivity contribution in [1.82, 2.24) is 15.1 Å². The highest BCUT2D eigenvalue weighted by Crippen LogP contribution is 2.24. The van der Waals surface area contributed by atoms with Crippen LogP contribution in [0.15, 0.2) is 0 Å². The van der Waals surface area contributed by atoms with E-state index in [-0.39, 0.29) is 37.0 Å². The molecule has 3 amide bonds. The highest BCUT2D eigenvalue weighted by atomic mass is 16.4.